The summed E-state index contributed by atoms with van der Waals surface area (Å²) in [6, 6.07) is 27.8. The lowest BCUT2D eigenvalue weighted by Gasteiger charge is -2.34. The Morgan fingerprint density at radius 3 is 1.93 bits per heavy atom. The highest BCUT2D eigenvalue weighted by Gasteiger charge is 2.28. The SMILES string of the molecule is O=C(c1ccc(-c2ccccc2)cc1)N1CCC([C@@H](O)c2ccccc2)CC1. The molecule has 3 aromatic carbocycles. The van der Waals surface area contributed by atoms with Gasteiger partial charge in [0.2, 0.25) is 0 Å². The van der Waals surface area contributed by atoms with Gasteiger partial charge >= 0.3 is 0 Å². The largest absolute Gasteiger partial charge is 0.388 e. The van der Waals surface area contributed by atoms with Crippen molar-refractivity contribution in [2.75, 3.05) is 13.1 Å². The van der Waals surface area contributed by atoms with E-state index in [1.807, 2.05) is 77.7 Å². The molecule has 0 aliphatic carbocycles. The fraction of sp³-hybridized carbons (Fsp3) is 0.240. The molecule has 1 N–H and O–H groups in total. The van der Waals surface area contributed by atoms with Gasteiger partial charge in [-0.25, -0.2) is 0 Å². The number of piperidine rings is 1. The minimum Gasteiger partial charge on any atom is -0.388 e. The normalized spacial score (nSPS) is 16.0. The molecule has 3 heteroatoms. The van der Waals surface area contributed by atoms with Crippen molar-refractivity contribution in [1.29, 1.82) is 0 Å². The summed E-state index contributed by atoms with van der Waals surface area (Å²) in [5.74, 6) is 0.277. The summed E-state index contributed by atoms with van der Waals surface area (Å²) in [5, 5.41) is 10.6. The molecule has 0 saturated carbocycles. The number of aliphatic hydroxyl groups is 1. The molecule has 1 fully saturated rings. The summed E-state index contributed by atoms with van der Waals surface area (Å²) < 4.78 is 0. The van der Waals surface area contributed by atoms with Crippen molar-refractivity contribution in [3.63, 3.8) is 0 Å². The van der Waals surface area contributed by atoms with E-state index in [4.69, 9.17) is 0 Å². The van der Waals surface area contributed by atoms with Gasteiger partial charge < -0.3 is 10.0 Å². The highest BCUT2D eigenvalue weighted by Crippen LogP contribution is 2.31. The number of likely N-dealkylation sites (tertiary alicyclic amines) is 1. The molecule has 1 heterocycles. The Morgan fingerprint density at radius 2 is 1.32 bits per heavy atom. The van der Waals surface area contributed by atoms with Gasteiger partial charge in [0.25, 0.3) is 5.91 Å². The molecule has 28 heavy (non-hydrogen) atoms. The van der Waals surface area contributed by atoms with Crippen LogP contribution in [0.1, 0.15) is 34.9 Å². The summed E-state index contributed by atoms with van der Waals surface area (Å²) in [7, 11) is 0. The number of amides is 1. The molecule has 3 nitrogen and oxygen atoms in total. The monoisotopic (exact) mass is 371 g/mol. The maximum Gasteiger partial charge on any atom is 0.253 e. The Balaban J connectivity index is 1.37. The lowest BCUT2D eigenvalue weighted by molar-refractivity contribution is 0.0462. The summed E-state index contributed by atoms with van der Waals surface area (Å²) in [6.07, 6.45) is 1.19. The van der Waals surface area contributed by atoms with Gasteiger partial charge in [0.15, 0.2) is 0 Å². The maximum atomic E-state index is 12.9. The molecule has 3 aromatic rings. The Hall–Kier alpha value is -2.91. The highest BCUT2D eigenvalue weighted by molar-refractivity contribution is 5.94. The predicted molar refractivity (Wildman–Crippen MR) is 112 cm³/mol. The first-order chi connectivity index (χ1) is 13.7. The van der Waals surface area contributed by atoms with E-state index in [-0.39, 0.29) is 11.8 Å². The van der Waals surface area contributed by atoms with Crippen LogP contribution in [0.2, 0.25) is 0 Å². The van der Waals surface area contributed by atoms with Crippen LogP contribution >= 0.6 is 0 Å². The van der Waals surface area contributed by atoms with Crippen LogP contribution in [0.3, 0.4) is 0 Å². The second-order valence-electron chi connectivity index (χ2n) is 7.43. The Labute approximate surface area is 166 Å². The zero-order valence-corrected chi connectivity index (χ0v) is 15.9. The summed E-state index contributed by atoms with van der Waals surface area (Å²) in [5.41, 5.74) is 3.95. The van der Waals surface area contributed by atoms with E-state index in [0.29, 0.717) is 13.1 Å². The van der Waals surface area contributed by atoms with Gasteiger partial charge in [-0.1, -0.05) is 72.8 Å². The minimum atomic E-state index is -0.455. The van der Waals surface area contributed by atoms with E-state index >= 15 is 0 Å². The number of hydrogen-bond acceptors (Lipinski definition) is 2. The lowest BCUT2D eigenvalue weighted by Crippen LogP contribution is -2.39. The number of aliphatic hydroxyl groups excluding tert-OH is 1. The highest BCUT2D eigenvalue weighted by atomic mass is 16.3. The van der Waals surface area contributed by atoms with E-state index < -0.39 is 6.10 Å². The molecular weight excluding hydrogens is 346 g/mol. The van der Waals surface area contributed by atoms with Crippen LogP contribution in [0.25, 0.3) is 11.1 Å². The molecule has 0 radical (unpaired) electrons. The summed E-state index contributed by atoms with van der Waals surface area (Å²) >= 11 is 0. The third-order valence-corrected chi connectivity index (χ3v) is 5.65. The van der Waals surface area contributed by atoms with E-state index in [2.05, 4.69) is 12.1 Å². The van der Waals surface area contributed by atoms with Gasteiger partial charge in [-0.3, -0.25) is 4.79 Å². The summed E-state index contributed by atoms with van der Waals surface area (Å²) in [6.45, 7) is 1.38. The van der Waals surface area contributed by atoms with Crippen LogP contribution in [0.15, 0.2) is 84.9 Å². The number of carbonyl (C=O) groups is 1. The molecule has 1 atom stereocenters. The molecule has 0 bridgehead atoms. The number of rotatable bonds is 4. The lowest BCUT2D eigenvalue weighted by atomic mass is 9.87. The molecule has 142 valence electrons. The molecule has 1 amide bonds. The number of carbonyl (C=O) groups excluding carboxylic acids is 1. The smallest absolute Gasteiger partial charge is 0.253 e. The average Bonchev–Trinajstić information content (AvgIpc) is 2.79. The number of hydrogen-bond donors (Lipinski definition) is 1. The molecule has 1 aliphatic rings. The third kappa shape index (κ3) is 4.00. The minimum absolute atomic E-state index is 0.0762. The Kier molecular flexibility index (Phi) is 5.54. The van der Waals surface area contributed by atoms with Crippen LogP contribution in [-0.4, -0.2) is 29.0 Å². The molecular formula is C25H25NO2. The molecule has 1 saturated heterocycles. The third-order valence-electron chi connectivity index (χ3n) is 5.65. The van der Waals surface area contributed by atoms with Gasteiger partial charge in [0.1, 0.15) is 0 Å². The van der Waals surface area contributed by atoms with E-state index in [0.717, 1.165) is 35.1 Å². The quantitative estimate of drug-likeness (QED) is 0.706. The molecule has 4 rings (SSSR count). The van der Waals surface area contributed by atoms with Gasteiger partial charge in [0, 0.05) is 18.7 Å². The van der Waals surface area contributed by atoms with Crippen molar-refractivity contribution in [3.05, 3.63) is 96.1 Å². The van der Waals surface area contributed by atoms with Gasteiger partial charge in [-0.2, -0.15) is 0 Å². The van der Waals surface area contributed by atoms with Crippen molar-refractivity contribution in [3.8, 4) is 11.1 Å². The fourth-order valence-corrected chi connectivity index (χ4v) is 3.96. The van der Waals surface area contributed by atoms with Gasteiger partial charge in [0.05, 0.1) is 6.10 Å². The first-order valence-corrected chi connectivity index (χ1v) is 9.90. The fourth-order valence-electron chi connectivity index (χ4n) is 3.96. The van der Waals surface area contributed by atoms with E-state index in [1.54, 1.807) is 0 Å². The van der Waals surface area contributed by atoms with Crippen molar-refractivity contribution in [1.82, 2.24) is 4.90 Å². The zero-order chi connectivity index (χ0) is 19.3. The van der Waals surface area contributed by atoms with E-state index in [1.165, 1.54) is 0 Å². The topological polar surface area (TPSA) is 40.5 Å². The zero-order valence-electron chi connectivity index (χ0n) is 15.9. The van der Waals surface area contributed by atoms with Gasteiger partial charge in [-0.05, 0) is 47.6 Å². The average molecular weight is 371 g/mol. The van der Waals surface area contributed by atoms with Crippen LogP contribution in [-0.2, 0) is 0 Å². The Bertz CT molecular complexity index is 898. The van der Waals surface area contributed by atoms with Crippen molar-refractivity contribution in [2.24, 2.45) is 5.92 Å². The van der Waals surface area contributed by atoms with Crippen LogP contribution in [0, 0.1) is 5.92 Å². The summed E-state index contributed by atoms with van der Waals surface area (Å²) in [4.78, 5) is 14.8. The van der Waals surface area contributed by atoms with Crippen molar-refractivity contribution in [2.45, 2.75) is 18.9 Å². The molecule has 0 unspecified atom stereocenters. The second kappa shape index (κ2) is 8.41. The standard InChI is InChI=1S/C25H25NO2/c27-24(21-9-5-2-6-10-21)22-15-17-26(18-16-22)25(28)23-13-11-20(12-14-23)19-7-3-1-4-8-19/h1-14,22,24,27H,15-18H2/t24-/m0/s1. The first-order valence-electron chi connectivity index (χ1n) is 9.90. The first kappa shape index (κ1) is 18.5. The van der Waals surface area contributed by atoms with Crippen LogP contribution < -0.4 is 0 Å². The number of benzene rings is 3. The predicted octanol–water partition coefficient (Wildman–Crippen LogP) is 4.94. The molecule has 0 spiro atoms. The van der Waals surface area contributed by atoms with Crippen LogP contribution in [0.5, 0.6) is 0 Å². The van der Waals surface area contributed by atoms with E-state index in [9.17, 15) is 9.90 Å². The van der Waals surface area contributed by atoms with Crippen molar-refractivity contribution >= 4 is 5.91 Å². The number of nitrogens with zero attached hydrogens (tertiary/aromatic N) is 1. The van der Waals surface area contributed by atoms with Crippen LogP contribution in [0.4, 0.5) is 0 Å². The van der Waals surface area contributed by atoms with Crippen molar-refractivity contribution < 1.29 is 9.90 Å². The Morgan fingerprint density at radius 1 is 0.786 bits per heavy atom. The molecule has 0 aromatic heterocycles. The molecule has 1 aliphatic heterocycles. The second-order valence-corrected chi connectivity index (χ2v) is 7.43. The maximum absolute atomic E-state index is 12.9. The van der Waals surface area contributed by atoms with Gasteiger partial charge in [-0.15, -0.1) is 0 Å².